The van der Waals surface area contributed by atoms with Gasteiger partial charge in [0.1, 0.15) is 0 Å². The smallest absolute Gasteiger partial charge is 0.00545 e. The molecule has 202 valence electrons. The number of thiol groups is 1. The highest BCUT2D eigenvalue weighted by molar-refractivity contribution is 7.80. The minimum atomic E-state index is 0.503. The summed E-state index contributed by atoms with van der Waals surface area (Å²) < 4.78 is 0. The van der Waals surface area contributed by atoms with Crippen LogP contribution < -0.4 is 0 Å². The molecule has 0 N–H and O–H groups in total. The van der Waals surface area contributed by atoms with Gasteiger partial charge in [-0.3, -0.25) is 0 Å². The highest BCUT2D eigenvalue weighted by Gasteiger charge is 2.58. The Morgan fingerprint density at radius 3 is 2.17 bits per heavy atom. The van der Waals surface area contributed by atoms with Gasteiger partial charge in [0.2, 0.25) is 0 Å². The lowest BCUT2D eigenvalue weighted by Gasteiger charge is -2.58. The molecule has 0 nitrogen and oxygen atoms in total. The second-order valence-electron chi connectivity index (χ2n) is 14.2. The van der Waals surface area contributed by atoms with Crippen molar-refractivity contribution in [2.45, 2.75) is 161 Å². The van der Waals surface area contributed by atoms with Gasteiger partial charge in [-0.2, -0.15) is 12.6 Å². The molecule has 0 heterocycles. The molecule has 0 aliphatic heterocycles. The maximum Gasteiger partial charge on any atom is 0.00545 e. The third-order valence-corrected chi connectivity index (χ3v) is 12.5. The second kappa shape index (κ2) is 12.8. The van der Waals surface area contributed by atoms with E-state index in [0.717, 1.165) is 29.6 Å². The first-order valence-corrected chi connectivity index (χ1v) is 16.8. The Labute approximate surface area is 225 Å². The van der Waals surface area contributed by atoms with Gasteiger partial charge in [0.25, 0.3) is 0 Å². The van der Waals surface area contributed by atoms with Crippen LogP contribution in [0.25, 0.3) is 0 Å². The van der Waals surface area contributed by atoms with Crippen LogP contribution in [0.15, 0.2) is 11.6 Å². The molecule has 0 radical (unpaired) electrons. The molecular formula is C34H60S. The van der Waals surface area contributed by atoms with Gasteiger partial charge in [-0.05, 0) is 91.8 Å². The maximum absolute atomic E-state index is 4.87. The Morgan fingerprint density at radius 2 is 1.49 bits per heavy atom. The van der Waals surface area contributed by atoms with Crippen LogP contribution in [-0.4, -0.2) is 5.25 Å². The van der Waals surface area contributed by atoms with E-state index in [-0.39, 0.29) is 0 Å². The molecule has 0 saturated heterocycles. The molecule has 0 aromatic rings. The zero-order valence-electron chi connectivity index (χ0n) is 24.1. The quantitative estimate of drug-likeness (QED) is 0.145. The minimum absolute atomic E-state index is 0.503. The van der Waals surface area contributed by atoms with Crippen molar-refractivity contribution >= 4 is 12.6 Å². The first-order valence-electron chi connectivity index (χ1n) is 16.3. The average Bonchev–Trinajstić information content (AvgIpc) is 3.20. The molecule has 4 aliphatic rings. The lowest BCUT2D eigenvalue weighted by atomic mass is 9.47. The summed E-state index contributed by atoms with van der Waals surface area (Å²) in [7, 11) is 0. The van der Waals surface area contributed by atoms with Gasteiger partial charge < -0.3 is 0 Å². The lowest BCUT2D eigenvalue weighted by Crippen LogP contribution is -2.50. The second-order valence-corrected chi connectivity index (χ2v) is 14.9. The van der Waals surface area contributed by atoms with E-state index in [4.69, 9.17) is 12.6 Å². The van der Waals surface area contributed by atoms with Crippen molar-refractivity contribution in [2.24, 2.45) is 40.4 Å². The van der Waals surface area contributed by atoms with E-state index in [1.165, 1.54) is 128 Å². The first kappa shape index (κ1) is 28.1. The molecule has 3 saturated carbocycles. The summed E-state index contributed by atoms with van der Waals surface area (Å²) in [5.41, 5.74) is 2.93. The van der Waals surface area contributed by atoms with E-state index >= 15 is 0 Å². The summed E-state index contributed by atoms with van der Waals surface area (Å²) in [5.74, 6) is 4.85. The van der Waals surface area contributed by atoms with Gasteiger partial charge >= 0.3 is 0 Å². The van der Waals surface area contributed by atoms with Gasteiger partial charge in [-0.1, -0.05) is 116 Å². The van der Waals surface area contributed by atoms with E-state index in [0.29, 0.717) is 16.1 Å². The molecular weight excluding hydrogens is 440 g/mol. The molecule has 1 heteroatoms. The summed E-state index contributed by atoms with van der Waals surface area (Å²) >= 11 is 4.87. The zero-order chi connectivity index (χ0) is 24.9. The van der Waals surface area contributed by atoms with Crippen molar-refractivity contribution in [1.29, 1.82) is 0 Å². The number of unbranched alkanes of at least 4 members (excludes halogenated alkanes) is 10. The molecule has 4 rings (SSSR count). The Morgan fingerprint density at radius 1 is 0.829 bits per heavy atom. The average molecular weight is 501 g/mol. The van der Waals surface area contributed by atoms with Crippen molar-refractivity contribution in [2.75, 3.05) is 0 Å². The maximum atomic E-state index is 4.87. The third-order valence-electron chi connectivity index (χ3n) is 12.1. The SMILES string of the molecule is CCCCCCCCCCCCCC(C)C1CCC2C3CC=C4CC(S)CCC4(C)C3CCC12C. The predicted octanol–water partition coefficient (Wildman–Crippen LogP) is 11.2. The van der Waals surface area contributed by atoms with Crippen molar-refractivity contribution < 1.29 is 0 Å². The molecule has 4 aliphatic carbocycles. The van der Waals surface area contributed by atoms with Crippen LogP contribution in [-0.2, 0) is 0 Å². The van der Waals surface area contributed by atoms with Crippen LogP contribution in [0.3, 0.4) is 0 Å². The van der Waals surface area contributed by atoms with Gasteiger partial charge in [-0.25, -0.2) is 0 Å². The van der Waals surface area contributed by atoms with Gasteiger partial charge in [0, 0.05) is 5.25 Å². The lowest BCUT2D eigenvalue weighted by molar-refractivity contribution is -0.0497. The third kappa shape index (κ3) is 6.23. The highest BCUT2D eigenvalue weighted by Crippen LogP contribution is 2.67. The van der Waals surface area contributed by atoms with E-state index < -0.39 is 0 Å². The predicted molar refractivity (Wildman–Crippen MR) is 158 cm³/mol. The summed E-state index contributed by atoms with van der Waals surface area (Å²) in [6.45, 7) is 10.3. The first-order chi connectivity index (χ1) is 16.9. The Bertz CT molecular complexity index is 680. The fourth-order valence-corrected chi connectivity index (χ4v) is 10.3. The molecule has 0 amide bonds. The number of hydrogen-bond donors (Lipinski definition) is 1. The number of hydrogen-bond acceptors (Lipinski definition) is 1. The van der Waals surface area contributed by atoms with Gasteiger partial charge in [-0.15, -0.1) is 0 Å². The monoisotopic (exact) mass is 500 g/mol. The van der Waals surface area contributed by atoms with E-state index in [1.54, 1.807) is 5.57 Å². The topological polar surface area (TPSA) is 0 Å². The van der Waals surface area contributed by atoms with Crippen molar-refractivity contribution in [3.63, 3.8) is 0 Å². The zero-order valence-corrected chi connectivity index (χ0v) is 25.0. The Balaban J connectivity index is 1.20. The van der Waals surface area contributed by atoms with Crippen molar-refractivity contribution in [3.05, 3.63) is 11.6 Å². The fraction of sp³-hybridized carbons (Fsp3) is 0.941. The van der Waals surface area contributed by atoms with Crippen molar-refractivity contribution in [3.8, 4) is 0 Å². The summed E-state index contributed by atoms with van der Waals surface area (Å²) in [5, 5.41) is 0.618. The van der Waals surface area contributed by atoms with Crippen LogP contribution in [0.2, 0.25) is 0 Å². The molecule has 35 heavy (non-hydrogen) atoms. The fourth-order valence-electron chi connectivity index (χ4n) is 9.95. The van der Waals surface area contributed by atoms with Crippen LogP contribution in [0, 0.1) is 40.4 Å². The van der Waals surface area contributed by atoms with Gasteiger partial charge in [0.15, 0.2) is 0 Å². The molecule has 0 bridgehead atoms. The summed E-state index contributed by atoms with van der Waals surface area (Å²) in [6.07, 6.45) is 31.8. The molecule has 8 atom stereocenters. The van der Waals surface area contributed by atoms with Gasteiger partial charge in [0.05, 0.1) is 0 Å². The molecule has 3 fully saturated rings. The van der Waals surface area contributed by atoms with Crippen LogP contribution in [0.1, 0.15) is 156 Å². The van der Waals surface area contributed by atoms with Crippen molar-refractivity contribution in [1.82, 2.24) is 0 Å². The van der Waals surface area contributed by atoms with E-state index in [2.05, 4.69) is 33.8 Å². The molecule has 8 unspecified atom stereocenters. The Hall–Kier alpha value is 0.0900. The molecule has 0 aromatic heterocycles. The molecule has 0 spiro atoms. The van der Waals surface area contributed by atoms with Crippen LogP contribution in [0.5, 0.6) is 0 Å². The van der Waals surface area contributed by atoms with E-state index in [9.17, 15) is 0 Å². The van der Waals surface area contributed by atoms with Crippen LogP contribution >= 0.6 is 12.6 Å². The standard InChI is InChI=1S/C34H60S/c1-5-6-7-8-9-10-11-12-13-14-15-16-26(2)30-19-20-31-29-18-17-27-25-28(35)21-23-33(27,3)32(29)22-24-34(30,31)4/h17,26,28-32,35H,5-16,18-25H2,1-4H3. The largest absolute Gasteiger partial charge is 0.176 e. The summed E-state index contributed by atoms with van der Waals surface area (Å²) in [6, 6.07) is 0. The normalized spacial score (nSPS) is 39.5. The summed E-state index contributed by atoms with van der Waals surface area (Å²) in [4.78, 5) is 0. The minimum Gasteiger partial charge on any atom is -0.176 e. The molecule has 0 aromatic carbocycles. The van der Waals surface area contributed by atoms with Crippen LogP contribution in [0.4, 0.5) is 0 Å². The number of rotatable bonds is 13. The van der Waals surface area contributed by atoms with E-state index in [1.807, 2.05) is 0 Å². The number of fused-ring (bicyclic) bond motifs is 5. The highest BCUT2D eigenvalue weighted by atomic mass is 32.1. The number of allylic oxidation sites excluding steroid dienone is 2. The Kier molecular flexibility index (Phi) is 10.2.